The monoisotopic (exact) mass is 342 g/mol. The van der Waals surface area contributed by atoms with E-state index in [1.807, 2.05) is 13.3 Å². The van der Waals surface area contributed by atoms with Gasteiger partial charge in [-0.1, -0.05) is 12.1 Å². The van der Waals surface area contributed by atoms with E-state index in [1.54, 1.807) is 0 Å². The summed E-state index contributed by atoms with van der Waals surface area (Å²) in [5, 5.41) is 9.00. The van der Waals surface area contributed by atoms with Gasteiger partial charge >= 0.3 is 5.97 Å². The maximum atomic E-state index is 10.9. The van der Waals surface area contributed by atoms with Crippen molar-refractivity contribution in [2.45, 2.75) is 51.9 Å². The van der Waals surface area contributed by atoms with Crippen molar-refractivity contribution in [2.75, 3.05) is 25.0 Å². The van der Waals surface area contributed by atoms with Gasteiger partial charge in [0.2, 0.25) is 0 Å². The van der Waals surface area contributed by atoms with E-state index in [-0.39, 0.29) is 0 Å². The van der Waals surface area contributed by atoms with Crippen LogP contribution < -0.4 is 4.90 Å². The first-order valence-corrected chi connectivity index (χ1v) is 9.51. The minimum atomic E-state index is -0.639. The highest BCUT2D eigenvalue weighted by Gasteiger charge is 2.38. The number of nitrogens with zero attached hydrogens (tertiary/aromatic N) is 2. The van der Waals surface area contributed by atoms with Gasteiger partial charge in [-0.25, -0.2) is 0 Å². The van der Waals surface area contributed by atoms with Gasteiger partial charge in [0, 0.05) is 44.0 Å². The van der Waals surface area contributed by atoms with Crippen LogP contribution in [0.15, 0.2) is 23.2 Å². The van der Waals surface area contributed by atoms with E-state index in [0.29, 0.717) is 17.8 Å². The van der Waals surface area contributed by atoms with Crippen molar-refractivity contribution in [2.24, 2.45) is 16.3 Å². The maximum absolute atomic E-state index is 10.9. The van der Waals surface area contributed by atoms with Gasteiger partial charge in [0.1, 0.15) is 0 Å². The zero-order valence-electron chi connectivity index (χ0n) is 15.5. The third kappa shape index (κ3) is 4.23. The van der Waals surface area contributed by atoms with E-state index in [9.17, 15) is 4.79 Å². The second-order valence-electron chi connectivity index (χ2n) is 7.98. The number of anilines is 1. The summed E-state index contributed by atoms with van der Waals surface area (Å²) in [6.45, 7) is 4.33. The number of rotatable bonds is 4. The number of piperidine rings is 1. The molecule has 1 aromatic carbocycles. The Morgan fingerprint density at radius 3 is 2.56 bits per heavy atom. The van der Waals surface area contributed by atoms with Crippen molar-refractivity contribution in [1.29, 1.82) is 0 Å². The molecule has 4 nitrogen and oxygen atoms in total. The molecule has 1 saturated carbocycles. The largest absolute Gasteiger partial charge is 0.481 e. The highest BCUT2D eigenvalue weighted by Crippen LogP contribution is 2.47. The molecule has 0 atom stereocenters. The van der Waals surface area contributed by atoms with Crippen molar-refractivity contribution in [1.82, 2.24) is 0 Å². The third-order valence-electron chi connectivity index (χ3n) is 6.25. The average molecular weight is 342 g/mol. The third-order valence-corrected chi connectivity index (χ3v) is 6.25. The smallest absolute Gasteiger partial charge is 0.303 e. The lowest BCUT2D eigenvalue weighted by Gasteiger charge is -2.46. The van der Waals surface area contributed by atoms with E-state index >= 15 is 0 Å². The molecule has 2 aliphatic rings. The fraction of sp³-hybridized carbons (Fsp3) is 0.619. The molecule has 1 aromatic rings. The van der Waals surface area contributed by atoms with Gasteiger partial charge in [0.05, 0.1) is 0 Å². The predicted molar refractivity (Wildman–Crippen MR) is 103 cm³/mol. The number of aryl methyl sites for hydroxylation is 1. The number of hydrogen-bond acceptors (Lipinski definition) is 3. The minimum Gasteiger partial charge on any atom is -0.481 e. The quantitative estimate of drug-likeness (QED) is 0.830. The molecule has 0 amide bonds. The fourth-order valence-electron chi connectivity index (χ4n) is 4.64. The first-order valence-electron chi connectivity index (χ1n) is 9.51. The number of aliphatic carboxylic acids is 1. The molecule has 136 valence electrons. The van der Waals surface area contributed by atoms with Crippen LogP contribution >= 0.6 is 0 Å². The molecule has 1 heterocycles. The van der Waals surface area contributed by atoms with Gasteiger partial charge in [0.25, 0.3) is 0 Å². The Morgan fingerprint density at radius 2 is 1.96 bits per heavy atom. The van der Waals surface area contributed by atoms with Crippen molar-refractivity contribution >= 4 is 17.9 Å². The Hall–Kier alpha value is -1.84. The molecule has 4 heteroatoms. The van der Waals surface area contributed by atoms with Crippen LogP contribution in [0.5, 0.6) is 0 Å². The van der Waals surface area contributed by atoms with E-state index < -0.39 is 5.97 Å². The Morgan fingerprint density at radius 1 is 1.28 bits per heavy atom. The molecule has 1 N–H and O–H groups in total. The Bertz CT molecular complexity index is 635. The molecule has 25 heavy (non-hydrogen) atoms. The second kappa shape index (κ2) is 7.59. The molecule has 1 aliphatic carbocycles. The van der Waals surface area contributed by atoms with Crippen LogP contribution in [0.3, 0.4) is 0 Å². The number of hydrogen-bond donors (Lipinski definition) is 1. The average Bonchev–Trinajstić information content (AvgIpc) is 2.59. The maximum Gasteiger partial charge on any atom is 0.303 e. The van der Waals surface area contributed by atoms with Crippen LogP contribution in [-0.2, 0) is 4.79 Å². The van der Waals surface area contributed by atoms with Crippen LogP contribution in [0, 0.1) is 18.3 Å². The molecular formula is C21H30N2O2. The molecule has 0 unspecified atom stereocenters. The molecule has 0 radical (unpaired) electrons. The summed E-state index contributed by atoms with van der Waals surface area (Å²) in [5.74, 6) is -0.245. The van der Waals surface area contributed by atoms with Gasteiger partial charge in [-0.15, -0.1) is 0 Å². The van der Waals surface area contributed by atoms with Crippen LogP contribution in [0.1, 0.15) is 56.1 Å². The normalized spacial score (nSPS) is 21.1. The molecule has 1 saturated heterocycles. The minimum absolute atomic E-state index is 0.352. The number of benzene rings is 1. The molecule has 2 fully saturated rings. The molecule has 0 bridgehead atoms. The SMILES string of the molecule is C/N=C\c1ccc(C)cc1N1CCC2(CCC(CC(=O)O)CC2)CC1. The summed E-state index contributed by atoms with van der Waals surface area (Å²) in [4.78, 5) is 17.6. The van der Waals surface area contributed by atoms with E-state index in [2.05, 4.69) is 35.0 Å². The molecule has 3 rings (SSSR count). The fourth-order valence-corrected chi connectivity index (χ4v) is 4.64. The van der Waals surface area contributed by atoms with Gasteiger partial charge in [-0.3, -0.25) is 9.79 Å². The van der Waals surface area contributed by atoms with Gasteiger partial charge in [0.15, 0.2) is 0 Å². The first-order chi connectivity index (χ1) is 12.0. The molecular weight excluding hydrogens is 312 g/mol. The molecule has 1 aliphatic heterocycles. The lowest BCUT2D eigenvalue weighted by atomic mass is 9.65. The first kappa shape index (κ1) is 18.0. The number of aliphatic imine (C=N–C) groups is 1. The van der Waals surface area contributed by atoms with Crippen LogP contribution in [0.2, 0.25) is 0 Å². The van der Waals surface area contributed by atoms with Gasteiger partial charge < -0.3 is 10.0 Å². The van der Waals surface area contributed by atoms with E-state index in [1.165, 1.54) is 42.5 Å². The van der Waals surface area contributed by atoms with Crippen LogP contribution in [0.25, 0.3) is 0 Å². The molecule has 1 spiro atoms. The zero-order valence-corrected chi connectivity index (χ0v) is 15.5. The standard InChI is InChI=1S/C21H30N2O2/c1-16-3-4-18(15-22-2)19(13-16)23-11-9-21(10-12-23)7-5-17(6-8-21)14-20(24)25/h3-4,13,15,17H,5-12,14H2,1-2H3,(H,24,25)/b22-15-. The summed E-state index contributed by atoms with van der Waals surface area (Å²) in [5.41, 5.74) is 4.25. The number of carboxylic acid groups (broad SMARTS) is 1. The van der Waals surface area contributed by atoms with E-state index in [4.69, 9.17) is 5.11 Å². The van der Waals surface area contributed by atoms with Crippen molar-refractivity contribution in [3.63, 3.8) is 0 Å². The summed E-state index contributed by atoms with van der Waals surface area (Å²) in [7, 11) is 1.82. The summed E-state index contributed by atoms with van der Waals surface area (Å²) in [6.07, 6.45) is 9.34. The zero-order chi connectivity index (χ0) is 17.9. The van der Waals surface area contributed by atoms with Crippen LogP contribution in [-0.4, -0.2) is 37.4 Å². The Labute approximate surface area is 151 Å². The Kier molecular flexibility index (Phi) is 5.45. The second-order valence-corrected chi connectivity index (χ2v) is 7.98. The highest BCUT2D eigenvalue weighted by atomic mass is 16.4. The lowest BCUT2D eigenvalue weighted by molar-refractivity contribution is -0.138. The summed E-state index contributed by atoms with van der Waals surface area (Å²) >= 11 is 0. The van der Waals surface area contributed by atoms with Gasteiger partial charge in [-0.05, 0) is 68.4 Å². The molecule has 0 aromatic heterocycles. The number of carboxylic acids is 1. The topological polar surface area (TPSA) is 52.9 Å². The number of carbonyl (C=O) groups is 1. The summed E-state index contributed by atoms with van der Waals surface area (Å²) < 4.78 is 0. The van der Waals surface area contributed by atoms with Crippen LogP contribution in [0.4, 0.5) is 5.69 Å². The van der Waals surface area contributed by atoms with Crippen molar-refractivity contribution < 1.29 is 9.90 Å². The Balaban J connectivity index is 1.63. The highest BCUT2D eigenvalue weighted by molar-refractivity contribution is 5.88. The summed E-state index contributed by atoms with van der Waals surface area (Å²) in [6, 6.07) is 6.59. The van der Waals surface area contributed by atoms with Crippen molar-refractivity contribution in [3.05, 3.63) is 29.3 Å². The van der Waals surface area contributed by atoms with Gasteiger partial charge in [-0.2, -0.15) is 0 Å². The lowest BCUT2D eigenvalue weighted by Crippen LogP contribution is -2.42. The van der Waals surface area contributed by atoms with E-state index in [0.717, 1.165) is 25.9 Å². The van der Waals surface area contributed by atoms with Crippen molar-refractivity contribution in [3.8, 4) is 0 Å². The predicted octanol–water partition coefficient (Wildman–Crippen LogP) is 4.30.